The fourth-order valence-electron chi connectivity index (χ4n) is 2.25. The van der Waals surface area contributed by atoms with E-state index in [1.165, 1.54) is 12.1 Å². The summed E-state index contributed by atoms with van der Waals surface area (Å²) >= 11 is 5.20. The second-order valence-corrected chi connectivity index (χ2v) is 5.71. The molecule has 0 amide bonds. The summed E-state index contributed by atoms with van der Waals surface area (Å²) in [5.74, 6) is -1.30. The molecule has 1 atom stereocenters. The molecule has 0 aliphatic rings. The van der Waals surface area contributed by atoms with Crippen LogP contribution in [0.1, 0.15) is 29.7 Å². The Hall–Kier alpha value is -2.01. The van der Waals surface area contributed by atoms with Crippen LogP contribution in [0, 0.1) is 25.5 Å². The van der Waals surface area contributed by atoms with Crippen LogP contribution in [0.25, 0.3) is 0 Å². The first-order valence-electron chi connectivity index (χ1n) is 6.96. The maximum atomic E-state index is 13.6. The van der Waals surface area contributed by atoms with E-state index in [4.69, 9.17) is 12.2 Å². The van der Waals surface area contributed by atoms with Crippen molar-refractivity contribution in [3.8, 4) is 0 Å². The van der Waals surface area contributed by atoms with E-state index in [1.807, 2.05) is 20.8 Å². The molecule has 2 N–H and O–H groups in total. The molecule has 2 nitrogen and oxygen atoms in total. The van der Waals surface area contributed by atoms with E-state index in [0.29, 0.717) is 5.11 Å². The van der Waals surface area contributed by atoms with Crippen molar-refractivity contribution >= 4 is 23.0 Å². The number of benzene rings is 2. The van der Waals surface area contributed by atoms with E-state index in [-0.39, 0.29) is 11.7 Å². The zero-order chi connectivity index (χ0) is 16.3. The largest absolute Gasteiger partial charge is 0.356 e. The molecule has 2 aromatic rings. The zero-order valence-electron chi connectivity index (χ0n) is 12.7. The second-order valence-electron chi connectivity index (χ2n) is 5.30. The average molecular weight is 320 g/mol. The monoisotopic (exact) mass is 320 g/mol. The number of halogens is 2. The molecule has 0 heterocycles. The number of nitrogens with one attached hydrogen (secondary N) is 2. The van der Waals surface area contributed by atoms with Gasteiger partial charge in [0.15, 0.2) is 5.11 Å². The van der Waals surface area contributed by atoms with E-state index in [0.717, 1.165) is 22.8 Å². The second kappa shape index (κ2) is 6.83. The van der Waals surface area contributed by atoms with Crippen molar-refractivity contribution in [2.45, 2.75) is 26.8 Å². The molecule has 0 unspecified atom stereocenters. The number of rotatable bonds is 3. The summed E-state index contributed by atoms with van der Waals surface area (Å²) in [6, 6.07) is 9.49. The third kappa shape index (κ3) is 4.01. The average Bonchev–Trinajstić information content (AvgIpc) is 2.44. The summed E-state index contributed by atoms with van der Waals surface area (Å²) in [5, 5.41) is 6.16. The molecule has 2 aromatic carbocycles. The molecule has 2 rings (SSSR count). The van der Waals surface area contributed by atoms with E-state index in [2.05, 4.69) is 28.8 Å². The van der Waals surface area contributed by atoms with Crippen LogP contribution in [0.4, 0.5) is 14.5 Å². The van der Waals surface area contributed by atoms with Crippen LogP contribution in [0.3, 0.4) is 0 Å². The quantitative estimate of drug-likeness (QED) is 0.806. The molecule has 0 bridgehead atoms. The van der Waals surface area contributed by atoms with Crippen molar-refractivity contribution in [1.29, 1.82) is 0 Å². The highest BCUT2D eigenvalue weighted by Gasteiger charge is 2.11. The van der Waals surface area contributed by atoms with E-state index >= 15 is 0 Å². The predicted molar refractivity (Wildman–Crippen MR) is 90.0 cm³/mol. The summed E-state index contributed by atoms with van der Waals surface area (Å²) < 4.78 is 26.5. The summed E-state index contributed by atoms with van der Waals surface area (Å²) in [6.45, 7) is 6.04. The van der Waals surface area contributed by atoms with Crippen LogP contribution in [0.15, 0.2) is 36.4 Å². The zero-order valence-corrected chi connectivity index (χ0v) is 13.5. The van der Waals surface area contributed by atoms with Crippen molar-refractivity contribution in [1.82, 2.24) is 5.32 Å². The lowest BCUT2D eigenvalue weighted by atomic mass is 10.0. The number of hydrogen-bond donors (Lipinski definition) is 2. The Bertz CT molecular complexity index is 701. The number of anilines is 1. The first kappa shape index (κ1) is 16.4. The molecular weight excluding hydrogens is 302 g/mol. The molecule has 0 spiro atoms. The van der Waals surface area contributed by atoms with Gasteiger partial charge in [-0.05, 0) is 56.2 Å². The van der Waals surface area contributed by atoms with E-state index in [9.17, 15) is 8.78 Å². The van der Waals surface area contributed by atoms with Crippen molar-refractivity contribution in [3.05, 3.63) is 64.7 Å². The highest BCUT2D eigenvalue weighted by atomic mass is 32.1. The normalized spacial score (nSPS) is 11.9. The topological polar surface area (TPSA) is 24.1 Å². The van der Waals surface area contributed by atoms with Gasteiger partial charge in [-0.1, -0.05) is 23.8 Å². The van der Waals surface area contributed by atoms with Crippen molar-refractivity contribution in [2.24, 2.45) is 0 Å². The van der Waals surface area contributed by atoms with Gasteiger partial charge >= 0.3 is 0 Å². The van der Waals surface area contributed by atoms with Crippen LogP contribution >= 0.6 is 12.2 Å². The first-order chi connectivity index (χ1) is 10.4. The van der Waals surface area contributed by atoms with Gasteiger partial charge in [0, 0.05) is 6.07 Å². The SMILES string of the molecule is Cc1ccc(C)c([C@@H](C)NC(=S)Nc2ccc(F)cc2F)c1. The minimum absolute atomic E-state index is 0.0246. The van der Waals surface area contributed by atoms with E-state index in [1.54, 1.807) is 0 Å². The third-order valence-corrected chi connectivity index (χ3v) is 3.65. The van der Waals surface area contributed by atoms with Gasteiger partial charge in [-0.3, -0.25) is 0 Å². The Morgan fingerprint density at radius 2 is 1.82 bits per heavy atom. The lowest BCUT2D eigenvalue weighted by Crippen LogP contribution is -2.31. The summed E-state index contributed by atoms with van der Waals surface area (Å²) in [4.78, 5) is 0. The van der Waals surface area contributed by atoms with Gasteiger partial charge in [-0.25, -0.2) is 8.78 Å². The van der Waals surface area contributed by atoms with Gasteiger partial charge < -0.3 is 10.6 Å². The van der Waals surface area contributed by atoms with Crippen LogP contribution in [0.2, 0.25) is 0 Å². The van der Waals surface area contributed by atoms with Gasteiger partial charge in [0.1, 0.15) is 11.6 Å². The minimum atomic E-state index is -0.677. The van der Waals surface area contributed by atoms with Crippen LogP contribution < -0.4 is 10.6 Å². The van der Waals surface area contributed by atoms with Crippen LogP contribution in [0.5, 0.6) is 0 Å². The minimum Gasteiger partial charge on any atom is -0.356 e. The Kier molecular flexibility index (Phi) is 5.08. The molecule has 116 valence electrons. The molecule has 0 radical (unpaired) electrons. The molecule has 22 heavy (non-hydrogen) atoms. The Labute approximate surface area is 134 Å². The van der Waals surface area contributed by atoms with Crippen LogP contribution in [-0.4, -0.2) is 5.11 Å². The van der Waals surface area contributed by atoms with Crippen molar-refractivity contribution < 1.29 is 8.78 Å². The fraction of sp³-hybridized carbons (Fsp3) is 0.235. The highest BCUT2D eigenvalue weighted by Crippen LogP contribution is 2.20. The number of aryl methyl sites for hydroxylation is 2. The Balaban J connectivity index is 2.06. The summed E-state index contributed by atoms with van der Waals surface area (Å²) in [5.41, 5.74) is 3.59. The molecule has 0 fully saturated rings. The maximum absolute atomic E-state index is 13.6. The number of thiocarbonyl (C=S) groups is 1. The fourth-order valence-corrected chi connectivity index (χ4v) is 2.54. The van der Waals surface area contributed by atoms with Crippen molar-refractivity contribution in [3.63, 3.8) is 0 Å². The maximum Gasteiger partial charge on any atom is 0.171 e. The summed E-state index contributed by atoms with van der Waals surface area (Å²) in [6.07, 6.45) is 0. The first-order valence-corrected chi connectivity index (χ1v) is 7.37. The molecule has 5 heteroatoms. The van der Waals surface area contributed by atoms with Gasteiger partial charge in [-0.2, -0.15) is 0 Å². The summed E-state index contributed by atoms with van der Waals surface area (Å²) in [7, 11) is 0. The van der Waals surface area contributed by atoms with Gasteiger partial charge in [0.2, 0.25) is 0 Å². The van der Waals surface area contributed by atoms with Crippen molar-refractivity contribution in [2.75, 3.05) is 5.32 Å². The van der Waals surface area contributed by atoms with Gasteiger partial charge in [-0.15, -0.1) is 0 Å². The van der Waals surface area contributed by atoms with Crippen LogP contribution in [-0.2, 0) is 0 Å². The Morgan fingerprint density at radius 3 is 2.50 bits per heavy atom. The lowest BCUT2D eigenvalue weighted by molar-refractivity contribution is 0.586. The van der Waals surface area contributed by atoms with E-state index < -0.39 is 11.6 Å². The van der Waals surface area contributed by atoms with Gasteiger partial charge in [0.25, 0.3) is 0 Å². The number of hydrogen-bond acceptors (Lipinski definition) is 1. The molecule has 0 saturated carbocycles. The molecular formula is C17H18F2N2S. The highest BCUT2D eigenvalue weighted by molar-refractivity contribution is 7.80. The molecule has 0 aliphatic carbocycles. The third-order valence-electron chi connectivity index (χ3n) is 3.43. The predicted octanol–water partition coefficient (Wildman–Crippen LogP) is 4.63. The molecule has 0 aromatic heterocycles. The molecule has 0 saturated heterocycles. The smallest absolute Gasteiger partial charge is 0.171 e. The lowest BCUT2D eigenvalue weighted by Gasteiger charge is -2.20. The standard InChI is InChI=1S/C17H18F2N2S/c1-10-4-5-11(2)14(8-10)12(3)20-17(22)21-16-7-6-13(18)9-15(16)19/h4-9,12H,1-3H3,(H2,20,21,22)/t12-/m1/s1. The Morgan fingerprint density at radius 1 is 1.09 bits per heavy atom. The molecule has 0 aliphatic heterocycles. The van der Waals surface area contributed by atoms with Gasteiger partial charge in [0.05, 0.1) is 11.7 Å².